The summed E-state index contributed by atoms with van der Waals surface area (Å²) in [6.07, 6.45) is 1.43. The number of aromatic nitrogens is 2. The molecule has 3 N–H and O–H groups in total. The lowest BCUT2D eigenvalue weighted by molar-refractivity contribution is 0.0444. The van der Waals surface area contributed by atoms with Crippen LogP contribution in [0.15, 0.2) is 70.6 Å². The number of esters is 2. The number of nitrogens with zero attached hydrogens (tertiary/aromatic N) is 3. The van der Waals surface area contributed by atoms with Crippen LogP contribution >= 0.6 is 0 Å². The number of carbonyl (C=O) groups is 3. The van der Waals surface area contributed by atoms with E-state index < -0.39 is 23.4 Å². The Morgan fingerprint density at radius 3 is 2.50 bits per heavy atom. The van der Waals surface area contributed by atoms with Gasteiger partial charge in [0.1, 0.15) is 5.75 Å². The standard InChI is InChI=1S/C25H17N5O6/c1-35-15-9-7-14(8-10-15)30-23(32)18-16(11-17-19(20(18)26)25(34)36-24(17)33)21(29-30)22(31)28-27-12-13-5-3-2-4-6-13/h2-12H,26H2,1H3,(H,28,31)/b27-12+. The van der Waals surface area contributed by atoms with Crippen LogP contribution < -0.4 is 21.5 Å². The molecule has 0 radical (unpaired) electrons. The smallest absolute Gasteiger partial charge is 0.349 e. The van der Waals surface area contributed by atoms with Gasteiger partial charge in [-0.25, -0.2) is 15.0 Å². The first-order valence-electron chi connectivity index (χ1n) is 10.6. The van der Waals surface area contributed by atoms with Crippen LogP contribution in [0.3, 0.4) is 0 Å². The van der Waals surface area contributed by atoms with E-state index in [0.717, 1.165) is 10.2 Å². The number of anilines is 1. The van der Waals surface area contributed by atoms with Crippen LogP contribution in [0.4, 0.5) is 5.69 Å². The molecule has 1 aliphatic heterocycles. The summed E-state index contributed by atoms with van der Waals surface area (Å²) in [7, 11) is 1.50. The summed E-state index contributed by atoms with van der Waals surface area (Å²) in [6, 6.07) is 16.6. The van der Waals surface area contributed by atoms with Crippen molar-refractivity contribution in [1.29, 1.82) is 0 Å². The van der Waals surface area contributed by atoms with E-state index in [4.69, 9.17) is 10.5 Å². The number of rotatable bonds is 5. The van der Waals surface area contributed by atoms with E-state index in [0.29, 0.717) is 11.4 Å². The average Bonchev–Trinajstić information content (AvgIpc) is 3.18. The lowest BCUT2D eigenvalue weighted by Crippen LogP contribution is -2.29. The normalized spacial score (nSPS) is 12.6. The van der Waals surface area contributed by atoms with E-state index in [1.165, 1.54) is 19.4 Å². The molecule has 0 fully saturated rings. The molecule has 36 heavy (non-hydrogen) atoms. The Morgan fingerprint density at radius 1 is 1.08 bits per heavy atom. The van der Waals surface area contributed by atoms with Gasteiger partial charge in [0.05, 0.1) is 41.2 Å². The molecule has 0 spiro atoms. The molecular formula is C25H17N5O6. The van der Waals surface area contributed by atoms with E-state index >= 15 is 0 Å². The van der Waals surface area contributed by atoms with Gasteiger partial charge in [0.2, 0.25) is 0 Å². The third-order valence-electron chi connectivity index (χ3n) is 5.55. The highest BCUT2D eigenvalue weighted by Crippen LogP contribution is 2.32. The van der Waals surface area contributed by atoms with Crippen LogP contribution in [0.2, 0.25) is 0 Å². The number of amides is 1. The Hall–Kier alpha value is -5.32. The molecule has 0 aliphatic carbocycles. The molecule has 1 aromatic heterocycles. The highest BCUT2D eigenvalue weighted by Gasteiger charge is 2.35. The minimum absolute atomic E-state index is 0.0277. The maximum absolute atomic E-state index is 13.5. The molecule has 11 nitrogen and oxygen atoms in total. The predicted octanol–water partition coefficient (Wildman–Crippen LogP) is 2.05. The van der Waals surface area contributed by atoms with Gasteiger partial charge in [0, 0.05) is 5.39 Å². The average molecular weight is 483 g/mol. The fraction of sp³-hybridized carbons (Fsp3) is 0.0400. The molecule has 0 unspecified atom stereocenters. The van der Waals surface area contributed by atoms with Crippen molar-refractivity contribution >= 4 is 40.5 Å². The van der Waals surface area contributed by atoms with Gasteiger partial charge in [-0.3, -0.25) is 9.59 Å². The molecule has 3 aromatic carbocycles. The van der Waals surface area contributed by atoms with Crippen LogP contribution in [0.5, 0.6) is 5.75 Å². The SMILES string of the molecule is COc1ccc(-n2nc(C(=O)N/N=C/c3ccccc3)c3cc4c(c(N)c3c2=O)C(=O)OC4=O)cc1. The molecule has 1 amide bonds. The lowest BCUT2D eigenvalue weighted by Gasteiger charge is -2.13. The first-order valence-corrected chi connectivity index (χ1v) is 10.6. The molecule has 11 heteroatoms. The van der Waals surface area contributed by atoms with Gasteiger partial charge in [-0.15, -0.1) is 0 Å². The number of hydrazone groups is 1. The molecule has 1 aliphatic rings. The number of methoxy groups -OCH3 is 1. The van der Waals surface area contributed by atoms with Crippen molar-refractivity contribution in [2.45, 2.75) is 0 Å². The minimum Gasteiger partial charge on any atom is -0.497 e. The number of cyclic esters (lactones) is 2. The number of ether oxygens (including phenoxy) is 2. The summed E-state index contributed by atoms with van der Waals surface area (Å²) in [5.74, 6) is -2.14. The van der Waals surface area contributed by atoms with Crippen LogP contribution in [0, 0.1) is 0 Å². The van der Waals surface area contributed by atoms with E-state index in [1.807, 2.05) is 18.2 Å². The quantitative estimate of drug-likeness (QED) is 0.144. The van der Waals surface area contributed by atoms with Crippen LogP contribution in [-0.4, -0.2) is 41.0 Å². The number of fused-ring (bicyclic) bond motifs is 2. The van der Waals surface area contributed by atoms with Gasteiger partial charge < -0.3 is 15.2 Å². The van der Waals surface area contributed by atoms with E-state index in [9.17, 15) is 19.2 Å². The third kappa shape index (κ3) is 3.74. The van der Waals surface area contributed by atoms with Crippen molar-refractivity contribution in [2.75, 3.05) is 12.8 Å². The van der Waals surface area contributed by atoms with Crippen molar-refractivity contribution in [3.05, 3.63) is 93.4 Å². The molecule has 4 aromatic rings. The number of nitrogens with two attached hydrogens (primary N) is 1. The van der Waals surface area contributed by atoms with Gasteiger partial charge in [-0.05, 0) is 35.9 Å². The summed E-state index contributed by atoms with van der Waals surface area (Å²) in [6.45, 7) is 0. The number of nitrogens with one attached hydrogen (secondary N) is 1. The van der Waals surface area contributed by atoms with Crippen LogP contribution in [0.1, 0.15) is 36.8 Å². The molecule has 0 atom stereocenters. The van der Waals surface area contributed by atoms with Gasteiger partial charge in [0.15, 0.2) is 5.69 Å². The summed E-state index contributed by atoms with van der Waals surface area (Å²) in [5.41, 5.74) is 7.99. The van der Waals surface area contributed by atoms with Crippen LogP contribution in [0.25, 0.3) is 16.5 Å². The monoisotopic (exact) mass is 483 g/mol. The molecule has 0 saturated carbocycles. The van der Waals surface area contributed by atoms with Crippen molar-refractivity contribution in [3.8, 4) is 11.4 Å². The molecule has 0 saturated heterocycles. The Morgan fingerprint density at radius 2 is 1.81 bits per heavy atom. The highest BCUT2D eigenvalue weighted by atomic mass is 16.6. The third-order valence-corrected chi connectivity index (χ3v) is 5.55. The summed E-state index contributed by atoms with van der Waals surface area (Å²) >= 11 is 0. The zero-order chi connectivity index (χ0) is 25.4. The maximum atomic E-state index is 13.5. The summed E-state index contributed by atoms with van der Waals surface area (Å²) in [5, 5.41) is 8.00. The second-order valence-electron chi connectivity index (χ2n) is 7.69. The summed E-state index contributed by atoms with van der Waals surface area (Å²) in [4.78, 5) is 51.0. The fourth-order valence-electron chi connectivity index (χ4n) is 3.82. The molecular weight excluding hydrogens is 466 g/mol. The maximum Gasteiger partial charge on any atom is 0.349 e. The lowest BCUT2D eigenvalue weighted by atomic mass is 9.99. The minimum atomic E-state index is -0.972. The molecule has 2 heterocycles. The van der Waals surface area contributed by atoms with Gasteiger partial charge in [0.25, 0.3) is 11.5 Å². The number of benzene rings is 3. The van der Waals surface area contributed by atoms with Crippen molar-refractivity contribution in [1.82, 2.24) is 15.2 Å². The zero-order valence-electron chi connectivity index (χ0n) is 18.7. The fourth-order valence-corrected chi connectivity index (χ4v) is 3.82. The van der Waals surface area contributed by atoms with E-state index in [1.54, 1.807) is 36.4 Å². The van der Waals surface area contributed by atoms with E-state index in [2.05, 4.69) is 20.4 Å². The Labute approximate surface area is 202 Å². The number of hydrogen-bond donors (Lipinski definition) is 2. The van der Waals surface area contributed by atoms with Crippen molar-refractivity contribution in [2.24, 2.45) is 5.10 Å². The van der Waals surface area contributed by atoms with Crippen molar-refractivity contribution < 1.29 is 23.9 Å². The topological polar surface area (TPSA) is 155 Å². The highest BCUT2D eigenvalue weighted by molar-refractivity contribution is 6.23. The Kier molecular flexibility index (Phi) is 5.49. The van der Waals surface area contributed by atoms with E-state index in [-0.39, 0.29) is 33.3 Å². The van der Waals surface area contributed by atoms with Gasteiger partial charge in [-0.2, -0.15) is 14.9 Å². The molecule has 178 valence electrons. The summed E-state index contributed by atoms with van der Waals surface area (Å²) < 4.78 is 10.8. The molecule has 5 rings (SSSR count). The Balaban J connectivity index is 1.70. The predicted molar refractivity (Wildman–Crippen MR) is 130 cm³/mol. The van der Waals surface area contributed by atoms with Crippen molar-refractivity contribution in [3.63, 3.8) is 0 Å². The largest absolute Gasteiger partial charge is 0.497 e. The van der Waals surface area contributed by atoms with Gasteiger partial charge >= 0.3 is 11.9 Å². The first-order chi connectivity index (χ1) is 17.4. The Bertz CT molecular complexity index is 1640. The van der Waals surface area contributed by atoms with Crippen LogP contribution in [-0.2, 0) is 4.74 Å². The second-order valence-corrected chi connectivity index (χ2v) is 7.69. The number of hydrogen-bond acceptors (Lipinski definition) is 9. The number of nitrogen functional groups attached to an aromatic ring is 1. The number of carbonyl (C=O) groups excluding carboxylic acids is 3. The first kappa shape index (κ1) is 22.5. The second kappa shape index (κ2) is 8.80. The zero-order valence-corrected chi connectivity index (χ0v) is 18.7. The van der Waals surface area contributed by atoms with Gasteiger partial charge in [-0.1, -0.05) is 30.3 Å². The molecule has 0 bridgehead atoms.